The smallest absolute Gasteiger partial charge is 0.240 e. The molecular formula is C16H21N3O2. The molecule has 1 aliphatic rings. The molecule has 5 nitrogen and oxygen atoms in total. The van der Waals surface area contributed by atoms with Crippen molar-refractivity contribution in [2.24, 2.45) is 5.41 Å². The quantitative estimate of drug-likeness (QED) is 0.865. The monoisotopic (exact) mass is 287 g/mol. The molecule has 0 radical (unpaired) electrons. The van der Waals surface area contributed by atoms with Crippen molar-refractivity contribution in [3.63, 3.8) is 0 Å². The number of likely N-dealkylation sites (N-methyl/N-ethyl adjacent to an activating group) is 1. The highest BCUT2D eigenvalue weighted by Crippen LogP contribution is 2.45. The zero-order valence-electron chi connectivity index (χ0n) is 12.7. The molecule has 5 heteroatoms. The molecule has 1 atom stereocenters. The SMILES string of the molecule is COc1cccc(C(CNC(=O)C2(C#N)CC2)N(C)C)c1. The van der Waals surface area contributed by atoms with E-state index in [-0.39, 0.29) is 11.9 Å². The lowest BCUT2D eigenvalue weighted by atomic mass is 10.0. The summed E-state index contributed by atoms with van der Waals surface area (Å²) in [7, 11) is 5.57. The summed E-state index contributed by atoms with van der Waals surface area (Å²) in [6.45, 7) is 0.475. The lowest BCUT2D eigenvalue weighted by molar-refractivity contribution is -0.124. The predicted octanol–water partition coefficient (Wildman–Crippen LogP) is 1.72. The number of rotatable bonds is 6. The van der Waals surface area contributed by atoms with Gasteiger partial charge in [0.2, 0.25) is 5.91 Å². The molecule has 112 valence electrons. The minimum Gasteiger partial charge on any atom is -0.497 e. The summed E-state index contributed by atoms with van der Waals surface area (Å²) in [5.74, 6) is 0.640. The van der Waals surface area contributed by atoms with E-state index in [0.29, 0.717) is 19.4 Å². The van der Waals surface area contributed by atoms with Gasteiger partial charge in [-0.05, 0) is 44.6 Å². The van der Waals surface area contributed by atoms with Crippen LogP contribution in [0.1, 0.15) is 24.4 Å². The summed E-state index contributed by atoms with van der Waals surface area (Å²) in [6, 6.07) is 9.96. The van der Waals surface area contributed by atoms with Crippen LogP contribution in [0.25, 0.3) is 0 Å². The Bertz CT molecular complexity index is 559. The minimum absolute atomic E-state index is 0.0403. The van der Waals surface area contributed by atoms with Crippen LogP contribution in [0.15, 0.2) is 24.3 Å². The van der Waals surface area contributed by atoms with E-state index in [2.05, 4.69) is 11.4 Å². The normalized spacial score (nSPS) is 16.9. The maximum atomic E-state index is 12.1. The van der Waals surface area contributed by atoms with Crippen molar-refractivity contribution < 1.29 is 9.53 Å². The highest BCUT2D eigenvalue weighted by atomic mass is 16.5. The van der Waals surface area contributed by atoms with Gasteiger partial charge in [-0.1, -0.05) is 12.1 Å². The Balaban J connectivity index is 2.06. The summed E-state index contributed by atoms with van der Waals surface area (Å²) in [4.78, 5) is 14.1. The van der Waals surface area contributed by atoms with Gasteiger partial charge in [0, 0.05) is 6.54 Å². The summed E-state index contributed by atoms with van der Waals surface area (Å²) in [6.07, 6.45) is 1.34. The Morgan fingerprint density at radius 1 is 1.52 bits per heavy atom. The number of methoxy groups -OCH3 is 1. The second-order valence-electron chi connectivity index (χ2n) is 5.66. The minimum atomic E-state index is -0.773. The van der Waals surface area contributed by atoms with Gasteiger partial charge in [-0.2, -0.15) is 5.26 Å². The first kappa shape index (κ1) is 15.3. The van der Waals surface area contributed by atoms with Gasteiger partial charge >= 0.3 is 0 Å². The molecule has 1 amide bonds. The largest absolute Gasteiger partial charge is 0.497 e. The third kappa shape index (κ3) is 3.34. The fourth-order valence-corrected chi connectivity index (χ4v) is 2.32. The Kier molecular flexibility index (Phi) is 4.49. The first-order chi connectivity index (χ1) is 10.0. The molecule has 0 spiro atoms. The first-order valence-electron chi connectivity index (χ1n) is 7.02. The maximum absolute atomic E-state index is 12.1. The average molecular weight is 287 g/mol. The van der Waals surface area contributed by atoms with E-state index in [1.54, 1.807) is 7.11 Å². The summed E-state index contributed by atoms with van der Waals surface area (Å²) in [5.41, 5.74) is 0.298. The molecule has 21 heavy (non-hydrogen) atoms. The Labute approximate surface area is 125 Å². The molecule has 1 aromatic rings. The standard InChI is InChI=1S/C16H21N3O2/c1-19(2)14(12-5-4-6-13(9-12)21-3)10-18-15(20)16(11-17)7-8-16/h4-6,9,14H,7-8,10H2,1-3H3,(H,18,20). The molecule has 2 rings (SSSR count). The van der Waals surface area contributed by atoms with Gasteiger partial charge in [-0.15, -0.1) is 0 Å². The third-order valence-corrected chi connectivity index (χ3v) is 3.96. The van der Waals surface area contributed by atoms with Gasteiger partial charge in [0.05, 0.1) is 19.2 Å². The topological polar surface area (TPSA) is 65.4 Å². The second kappa shape index (κ2) is 6.15. The van der Waals surface area contributed by atoms with Crippen molar-refractivity contribution in [2.75, 3.05) is 27.7 Å². The second-order valence-corrected chi connectivity index (χ2v) is 5.66. The molecule has 1 fully saturated rings. The van der Waals surface area contributed by atoms with Gasteiger partial charge in [0.25, 0.3) is 0 Å². The number of benzene rings is 1. The van der Waals surface area contributed by atoms with Crippen molar-refractivity contribution in [3.05, 3.63) is 29.8 Å². The van der Waals surface area contributed by atoms with Crippen LogP contribution in [0.2, 0.25) is 0 Å². The van der Waals surface area contributed by atoms with E-state index in [1.165, 1.54) is 0 Å². The molecule has 0 saturated heterocycles. The van der Waals surface area contributed by atoms with Gasteiger partial charge in [0.1, 0.15) is 11.2 Å². The molecule has 0 heterocycles. The van der Waals surface area contributed by atoms with E-state index in [0.717, 1.165) is 11.3 Å². The first-order valence-corrected chi connectivity index (χ1v) is 7.02. The molecule has 0 aromatic heterocycles. The maximum Gasteiger partial charge on any atom is 0.240 e. The fraction of sp³-hybridized carbons (Fsp3) is 0.500. The average Bonchev–Trinajstić information content (AvgIpc) is 3.28. The van der Waals surface area contributed by atoms with E-state index >= 15 is 0 Å². The molecule has 1 N–H and O–H groups in total. The van der Waals surface area contributed by atoms with Crippen LogP contribution in [0.3, 0.4) is 0 Å². The predicted molar refractivity (Wildman–Crippen MR) is 79.7 cm³/mol. The molecule has 0 aliphatic heterocycles. The Morgan fingerprint density at radius 2 is 2.24 bits per heavy atom. The van der Waals surface area contributed by atoms with Crippen molar-refractivity contribution in [1.29, 1.82) is 5.26 Å². The summed E-state index contributed by atoms with van der Waals surface area (Å²) < 4.78 is 5.24. The summed E-state index contributed by atoms with van der Waals surface area (Å²) >= 11 is 0. The van der Waals surface area contributed by atoms with Crippen molar-refractivity contribution in [3.8, 4) is 11.8 Å². The fourth-order valence-electron chi connectivity index (χ4n) is 2.32. The number of hydrogen-bond donors (Lipinski definition) is 1. The zero-order valence-corrected chi connectivity index (χ0v) is 12.7. The van der Waals surface area contributed by atoms with E-state index in [1.807, 2.05) is 43.3 Å². The molecule has 0 bridgehead atoms. The van der Waals surface area contributed by atoms with Crippen molar-refractivity contribution in [1.82, 2.24) is 10.2 Å². The van der Waals surface area contributed by atoms with Crippen LogP contribution in [-0.2, 0) is 4.79 Å². The number of carbonyl (C=O) groups excluding carboxylic acids is 1. The van der Waals surface area contributed by atoms with Crippen molar-refractivity contribution in [2.45, 2.75) is 18.9 Å². The molecule has 1 aromatic carbocycles. The van der Waals surface area contributed by atoms with Gasteiger partial charge in [-0.3, -0.25) is 4.79 Å². The number of carbonyl (C=O) groups is 1. The number of nitriles is 1. The van der Waals surface area contributed by atoms with Gasteiger partial charge in [-0.25, -0.2) is 0 Å². The van der Waals surface area contributed by atoms with E-state index in [4.69, 9.17) is 10.00 Å². The Hall–Kier alpha value is -2.06. The van der Waals surface area contributed by atoms with Crippen LogP contribution in [0.5, 0.6) is 5.75 Å². The van der Waals surface area contributed by atoms with Gasteiger partial charge < -0.3 is 15.0 Å². The van der Waals surface area contributed by atoms with E-state index in [9.17, 15) is 4.79 Å². The van der Waals surface area contributed by atoms with Crippen LogP contribution in [-0.4, -0.2) is 38.6 Å². The van der Waals surface area contributed by atoms with Crippen molar-refractivity contribution >= 4 is 5.91 Å². The number of hydrogen-bond acceptors (Lipinski definition) is 4. The highest BCUT2D eigenvalue weighted by Gasteiger charge is 2.50. The number of ether oxygens (including phenoxy) is 1. The Morgan fingerprint density at radius 3 is 2.76 bits per heavy atom. The van der Waals surface area contributed by atoms with Crippen LogP contribution >= 0.6 is 0 Å². The number of nitrogens with zero attached hydrogens (tertiary/aromatic N) is 2. The van der Waals surface area contributed by atoms with Crippen LogP contribution in [0.4, 0.5) is 0 Å². The molecule has 1 aliphatic carbocycles. The van der Waals surface area contributed by atoms with Crippen LogP contribution in [0, 0.1) is 16.7 Å². The lowest BCUT2D eigenvalue weighted by Gasteiger charge is -2.26. The number of amides is 1. The van der Waals surface area contributed by atoms with Crippen LogP contribution < -0.4 is 10.1 Å². The zero-order chi connectivity index (χ0) is 15.5. The number of nitrogens with one attached hydrogen (secondary N) is 1. The third-order valence-electron chi connectivity index (χ3n) is 3.96. The van der Waals surface area contributed by atoms with Gasteiger partial charge in [0.15, 0.2) is 0 Å². The molecular weight excluding hydrogens is 266 g/mol. The molecule has 1 saturated carbocycles. The van der Waals surface area contributed by atoms with E-state index < -0.39 is 5.41 Å². The highest BCUT2D eigenvalue weighted by molar-refractivity contribution is 5.88. The summed E-state index contributed by atoms with van der Waals surface area (Å²) in [5, 5.41) is 12.0. The molecule has 1 unspecified atom stereocenters. The lowest BCUT2D eigenvalue weighted by Crippen LogP contribution is -2.38.